The first-order chi connectivity index (χ1) is 29.2. The van der Waals surface area contributed by atoms with Gasteiger partial charge in [-0.1, -0.05) is 268 Å². The summed E-state index contributed by atoms with van der Waals surface area (Å²) in [5.74, 6) is 0.680. The molecular weight excluding hydrogens is 733 g/mol. The van der Waals surface area contributed by atoms with Gasteiger partial charge in [0.1, 0.15) is 5.75 Å². The van der Waals surface area contributed by atoms with Crippen LogP contribution in [0, 0.1) is 0 Å². The average Bonchev–Trinajstić information content (AvgIpc) is 3.25. The maximum absolute atomic E-state index is 11.3. The number of unbranched alkanes of at least 4 members (excludes halogenated alkanes) is 30. The van der Waals surface area contributed by atoms with Crippen LogP contribution in [0.4, 0.5) is 0 Å². The molecule has 0 amide bonds. The van der Waals surface area contributed by atoms with Crippen molar-refractivity contribution in [1.29, 1.82) is 0 Å². The van der Waals surface area contributed by atoms with E-state index in [4.69, 9.17) is 9.31 Å². The quantitative estimate of drug-likeness (QED) is 0.0204. The van der Waals surface area contributed by atoms with E-state index in [0.29, 0.717) is 5.75 Å². The third kappa shape index (κ3) is 21.5. The third-order valence-corrected chi connectivity index (χ3v) is 13.0. The van der Waals surface area contributed by atoms with Crippen LogP contribution in [0.2, 0.25) is 0 Å². The third-order valence-electron chi connectivity index (χ3n) is 13.0. The van der Waals surface area contributed by atoms with Gasteiger partial charge in [-0.25, -0.2) is 0 Å². The molecule has 0 fully saturated rings. The van der Waals surface area contributed by atoms with Crippen molar-refractivity contribution in [2.24, 2.45) is 0 Å². The zero-order valence-electron chi connectivity index (χ0n) is 39.0. The molecule has 0 aliphatic heterocycles. The Kier molecular flexibility index (Phi) is 29.3. The minimum absolute atomic E-state index is 0. The lowest BCUT2D eigenvalue weighted by molar-refractivity contribution is 0.106. The smallest absolute Gasteiger partial charge is 0.511 e. The van der Waals surface area contributed by atoms with Crippen molar-refractivity contribution in [3.63, 3.8) is 0 Å². The summed E-state index contributed by atoms with van der Waals surface area (Å²) in [5, 5.41) is 18.2. The van der Waals surface area contributed by atoms with Crippen molar-refractivity contribution in [2.75, 3.05) is 0 Å². The topological polar surface area (TPSA) is 73.7 Å². The maximum atomic E-state index is 11.3. The Balaban J connectivity index is 0.00000961. The van der Waals surface area contributed by atoms with Crippen molar-refractivity contribution in [2.45, 2.75) is 238 Å². The normalized spacial score (nSPS) is 11.6. The molecule has 4 aromatic rings. The second-order valence-corrected chi connectivity index (χ2v) is 18.2. The molecule has 0 bridgehead atoms. The number of fused-ring (bicyclic) bond motifs is 4. The van der Waals surface area contributed by atoms with Crippen molar-refractivity contribution >= 4 is 39.6 Å². The molecule has 4 nitrogen and oxygen atoms in total. The van der Waals surface area contributed by atoms with E-state index in [2.05, 4.69) is 68.4 Å². The molecule has 0 saturated carbocycles. The molecule has 0 radical (unpaired) electrons. The summed E-state index contributed by atoms with van der Waals surface area (Å²) in [6.07, 6.45) is 46.0. The van der Waals surface area contributed by atoms with E-state index < -0.39 is 7.32 Å². The molecule has 5 heteroatoms. The number of hydrogen-bond donors (Lipinski definition) is 2. The highest BCUT2D eigenvalue weighted by Gasteiger charge is 2.25. The molecule has 0 aliphatic rings. The standard InChI is InChI=1S/C55H87BO3.H3N/c1-3-5-7-9-11-13-15-17-19-21-23-25-27-29-31-33-41-52(42-34-32-30-28-26-24-22-20-18-16-14-12-10-8-6-4-2)58-56(57)59-54-43-37-40-48-44-45-51-46-49-38-35-36-39-50(49)47-53(51)55(48)54;/h35-40,43-47,52,57H,3-34,41-42H2,1-2H3;1H3. The van der Waals surface area contributed by atoms with Gasteiger partial charge in [0.15, 0.2) is 0 Å². The minimum atomic E-state index is -1.29. The number of hydrogen-bond acceptors (Lipinski definition) is 4. The van der Waals surface area contributed by atoms with Crippen molar-refractivity contribution in [3.8, 4) is 5.75 Å². The van der Waals surface area contributed by atoms with Gasteiger partial charge in [0.25, 0.3) is 0 Å². The molecule has 0 aliphatic carbocycles. The van der Waals surface area contributed by atoms with Crippen LogP contribution in [-0.2, 0) is 4.65 Å². The molecule has 4 N–H and O–H groups in total. The minimum Gasteiger partial charge on any atom is -0.511 e. The lowest BCUT2D eigenvalue weighted by Gasteiger charge is -2.21. The van der Waals surface area contributed by atoms with E-state index in [9.17, 15) is 5.02 Å². The van der Waals surface area contributed by atoms with E-state index in [-0.39, 0.29) is 12.3 Å². The molecule has 0 heterocycles. The van der Waals surface area contributed by atoms with Gasteiger partial charge in [-0.2, -0.15) is 0 Å². The van der Waals surface area contributed by atoms with E-state index in [1.165, 1.54) is 209 Å². The Labute approximate surface area is 369 Å². The van der Waals surface area contributed by atoms with Crippen LogP contribution in [0.15, 0.2) is 66.7 Å². The highest BCUT2D eigenvalue weighted by molar-refractivity contribution is 6.36. The first-order valence-electron chi connectivity index (χ1n) is 25.5. The van der Waals surface area contributed by atoms with Crippen LogP contribution in [0.3, 0.4) is 0 Å². The first-order valence-corrected chi connectivity index (χ1v) is 25.5. The summed E-state index contributed by atoms with van der Waals surface area (Å²) in [5.41, 5.74) is 0. The lowest BCUT2D eigenvalue weighted by atomic mass is 9.97. The monoisotopic (exact) mass is 824 g/mol. The first kappa shape index (κ1) is 51.8. The fraction of sp³-hybridized carbons (Fsp3) is 0.673. The summed E-state index contributed by atoms with van der Waals surface area (Å²) < 4.78 is 12.6. The van der Waals surface area contributed by atoms with Gasteiger partial charge < -0.3 is 20.5 Å². The Morgan fingerprint density at radius 1 is 0.417 bits per heavy atom. The van der Waals surface area contributed by atoms with Crippen LogP contribution < -0.4 is 10.8 Å². The SMILES string of the molecule is CCCCCCCCCCCCCCCCCCC(CCCCCCCCCCCCCCCCCC)OB(O)Oc1cccc2ccc3cc4ccccc4cc3c12.N. The maximum Gasteiger partial charge on any atom is 0.710 e. The van der Waals surface area contributed by atoms with Gasteiger partial charge in [-0.05, 0) is 58.0 Å². The molecule has 0 unspecified atom stereocenters. The van der Waals surface area contributed by atoms with Crippen molar-refractivity contribution in [1.82, 2.24) is 6.15 Å². The summed E-state index contributed by atoms with van der Waals surface area (Å²) >= 11 is 0. The highest BCUT2D eigenvalue weighted by Crippen LogP contribution is 2.35. The molecule has 60 heavy (non-hydrogen) atoms. The van der Waals surface area contributed by atoms with Crippen molar-refractivity contribution < 1.29 is 14.3 Å². The summed E-state index contributed by atoms with van der Waals surface area (Å²) in [6, 6.07) is 23.5. The second kappa shape index (κ2) is 34.0. The van der Waals surface area contributed by atoms with Gasteiger partial charge in [0, 0.05) is 11.5 Å². The van der Waals surface area contributed by atoms with E-state index >= 15 is 0 Å². The van der Waals surface area contributed by atoms with E-state index in [1.54, 1.807) is 0 Å². The largest absolute Gasteiger partial charge is 0.710 e. The molecule has 4 rings (SSSR count). The van der Waals surface area contributed by atoms with Gasteiger partial charge >= 0.3 is 7.32 Å². The molecular formula is C55H90BNO3. The van der Waals surface area contributed by atoms with Gasteiger partial charge in [0.05, 0.1) is 0 Å². The second-order valence-electron chi connectivity index (χ2n) is 18.2. The van der Waals surface area contributed by atoms with Crippen LogP contribution >= 0.6 is 0 Å². The van der Waals surface area contributed by atoms with E-state index in [1.807, 2.05) is 12.1 Å². The van der Waals surface area contributed by atoms with Crippen molar-refractivity contribution in [3.05, 3.63) is 66.7 Å². The zero-order valence-corrected chi connectivity index (χ0v) is 39.0. The molecule has 4 aromatic carbocycles. The average molecular weight is 824 g/mol. The molecule has 336 valence electrons. The summed E-state index contributed by atoms with van der Waals surface area (Å²) in [6.45, 7) is 4.60. The van der Waals surface area contributed by atoms with Crippen LogP contribution in [0.25, 0.3) is 32.3 Å². The van der Waals surface area contributed by atoms with Gasteiger partial charge in [0.2, 0.25) is 0 Å². The fourth-order valence-corrected chi connectivity index (χ4v) is 9.29. The summed E-state index contributed by atoms with van der Waals surface area (Å²) in [7, 11) is -1.29. The van der Waals surface area contributed by atoms with Crippen LogP contribution in [0.5, 0.6) is 5.75 Å². The van der Waals surface area contributed by atoms with Crippen LogP contribution in [-0.4, -0.2) is 18.4 Å². The molecule has 0 atom stereocenters. The van der Waals surface area contributed by atoms with Gasteiger partial charge in [-0.3, -0.25) is 0 Å². The zero-order chi connectivity index (χ0) is 41.4. The fourth-order valence-electron chi connectivity index (χ4n) is 9.29. The van der Waals surface area contributed by atoms with Gasteiger partial charge in [-0.15, -0.1) is 0 Å². The number of rotatable bonds is 38. The Hall–Kier alpha value is -2.60. The molecule has 0 aromatic heterocycles. The predicted octanol–water partition coefficient (Wildman–Crippen LogP) is 18.4. The molecule has 0 saturated heterocycles. The number of benzene rings is 4. The molecule has 0 spiro atoms. The van der Waals surface area contributed by atoms with E-state index in [0.717, 1.165) is 41.8 Å². The lowest BCUT2D eigenvalue weighted by Crippen LogP contribution is -2.32. The van der Waals surface area contributed by atoms with Crippen LogP contribution in [0.1, 0.15) is 232 Å². The summed E-state index contributed by atoms with van der Waals surface area (Å²) in [4.78, 5) is 0. The Morgan fingerprint density at radius 3 is 1.22 bits per heavy atom. The predicted molar refractivity (Wildman–Crippen MR) is 266 cm³/mol. The Morgan fingerprint density at radius 2 is 0.783 bits per heavy atom. The Bertz CT molecular complexity index is 1590. The highest BCUT2D eigenvalue weighted by atomic mass is 16.7.